The predicted octanol–water partition coefficient (Wildman–Crippen LogP) is -0.185. The van der Waals surface area contributed by atoms with E-state index < -0.39 is 12.2 Å². The van der Waals surface area contributed by atoms with E-state index in [0.29, 0.717) is 58.8 Å². The Labute approximate surface area is 308 Å². The lowest BCUT2D eigenvalue weighted by molar-refractivity contribution is -0.709. The van der Waals surface area contributed by atoms with Gasteiger partial charge in [0.25, 0.3) is 29.1 Å². The van der Waals surface area contributed by atoms with Crippen LogP contribution >= 0.6 is 0 Å². The number of hydrogen-bond donors (Lipinski definition) is 3. The quantitative estimate of drug-likeness (QED) is 0.103. The molecule has 5 atom stereocenters. The molecule has 5 aromatic heterocycles. The van der Waals surface area contributed by atoms with Crippen LogP contribution in [0.1, 0.15) is 49.4 Å². The molecule has 5 heterocycles. The molecule has 0 aliphatic rings. The number of imidazole rings is 5. The Hall–Kier alpha value is -4.11. The maximum atomic E-state index is 11.0. The van der Waals surface area contributed by atoms with E-state index in [1.165, 1.54) is 0 Å². The van der Waals surface area contributed by atoms with Crippen molar-refractivity contribution in [2.24, 2.45) is 14.1 Å². The SMILES string of the molecule is CCC(O)C[n+]1ccn(CC(Cn2cc[n+](CC(O)Cn3cc[n+](C)c3C)c2C)OC(C)Cn2cc[n+](CC(O)Cn3cc[n+](C)c3C)c2C)c1C. The van der Waals surface area contributed by atoms with Crippen LogP contribution in [0.4, 0.5) is 0 Å². The summed E-state index contributed by atoms with van der Waals surface area (Å²) in [5.41, 5.74) is 0. The number of nitrogens with zero attached hydrogens (tertiary/aromatic N) is 10. The van der Waals surface area contributed by atoms with Crippen molar-refractivity contribution in [3.05, 3.63) is 91.1 Å². The summed E-state index contributed by atoms with van der Waals surface area (Å²) in [6.45, 7) is 19.0. The fraction of sp³-hybridized carbons (Fsp3) is 0.605. The lowest BCUT2D eigenvalue weighted by atomic mass is 10.3. The number of aryl methyl sites for hydroxylation is 2. The summed E-state index contributed by atoms with van der Waals surface area (Å²) in [5, 5.41) is 32.2. The van der Waals surface area contributed by atoms with Crippen LogP contribution in [-0.4, -0.2) is 68.7 Å². The Morgan fingerprint density at radius 3 is 1.23 bits per heavy atom. The van der Waals surface area contributed by atoms with E-state index in [9.17, 15) is 15.3 Å². The van der Waals surface area contributed by atoms with Crippen LogP contribution in [0.2, 0.25) is 0 Å². The average Bonchev–Trinajstić information content (AvgIpc) is 3.89. The van der Waals surface area contributed by atoms with E-state index in [2.05, 4.69) is 106 Å². The highest BCUT2D eigenvalue weighted by Gasteiger charge is 2.28. The minimum Gasteiger partial charge on any atom is -0.389 e. The molecule has 0 aliphatic carbocycles. The second kappa shape index (κ2) is 17.1. The zero-order valence-corrected chi connectivity index (χ0v) is 32.7. The van der Waals surface area contributed by atoms with Crippen LogP contribution < -0.4 is 22.8 Å². The largest absolute Gasteiger partial charge is 0.389 e. The first-order valence-corrected chi connectivity index (χ1v) is 18.6. The normalized spacial score (nSPS) is 14.9. The van der Waals surface area contributed by atoms with Gasteiger partial charge in [-0.15, -0.1) is 0 Å². The molecule has 14 nitrogen and oxygen atoms in total. The van der Waals surface area contributed by atoms with Gasteiger partial charge in [0.1, 0.15) is 133 Å². The molecule has 0 saturated carbocycles. The van der Waals surface area contributed by atoms with Crippen molar-refractivity contribution < 1.29 is 42.9 Å². The maximum absolute atomic E-state index is 11.0. The Balaban J connectivity index is 1.27. The Morgan fingerprint density at radius 1 is 0.519 bits per heavy atom. The molecule has 0 saturated heterocycles. The third kappa shape index (κ3) is 9.46. The van der Waals surface area contributed by atoms with Gasteiger partial charge in [-0.25, -0.2) is 45.7 Å². The van der Waals surface area contributed by atoms with Crippen molar-refractivity contribution in [1.29, 1.82) is 0 Å². The molecule has 0 radical (unpaired) electrons. The van der Waals surface area contributed by atoms with Gasteiger partial charge >= 0.3 is 0 Å². The van der Waals surface area contributed by atoms with Gasteiger partial charge in [-0.3, -0.25) is 0 Å². The summed E-state index contributed by atoms with van der Waals surface area (Å²) >= 11 is 0. The van der Waals surface area contributed by atoms with Gasteiger partial charge < -0.3 is 20.1 Å². The van der Waals surface area contributed by atoms with E-state index in [1.54, 1.807) is 0 Å². The molecule has 3 N–H and O–H groups in total. The molecule has 5 unspecified atom stereocenters. The summed E-state index contributed by atoms with van der Waals surface area (Å²) in [6.07, 6.45) is 19.3. The van der Waals surface area contributed by atoms with Crippen molar-refractivity contribution in [2.45, 2.75) is 138 Å². The fourth-order valence-corrected chi connectivity index (χ4v) is 6.98. The minimum absolute atomic E-state index is 0.0992. The molecule has 52 heavy (non-hydrogen) atoms. The Bertz CT molecular complexity index is 1900. The first kappa shape index (κ1) is 39.1. The number of aliphatic hydroxyl groups excluding tert-OH is 3. The predicted molar refractivity (Wildman–Crippen MR) is 191 cm³/mol. The van der Waals surface area contributed by atoms with E-state index in [-0.39, 0.29) is 18.3 Å². The summed E-state index contributed by atoms with van der Waals surface area (Å²) in [7, 11) is 4.02. The van der Waals surface area contributed by atoms with Crippen molar-refractivity contribution in [3.63, 3.8) is 0 Å². The second-order valence-electron chi connectivity index (χ2n) is 14.6. The van der Waals surface area contributed by atoms with Gasteiger partial charge in [-0.1, -0.05) is 6.92 Å². The van der Waals surface area contributed by atoms with Crippen LogP contribution in [0, 0.1) is 34.6 Å². The molecule has 0 amide bonds. The van der Waals surface area contributed by atoms with Gasteiger partial charge in [-0.05, 0) is 13.3 Å². The molecule has 5 rings (SSSR count). The number of aliphatic hydroxyl groups is 3. The molecule has 5 aromatic rings. The zero-order chi connectivity index (χ0) is 37.7. The van der Waals surface area contributed by atoms with Crippen molar-refractivity contribution in [3.8, 4) is 0 Å². The molecule has 0 spiro atoms. The van der Waals surface area contributed by atoms with E-state index in [1.807, 2.05) is 64.4 Å². The van der Waals surface area contributed by atoms with E-state index in [4.69, 9.17) is 4.74 Å². The number of ether oxygens (including phenoxy) is 1. The van der Waals surface area contributed by atoms with E-state index in [0.717, 1.165) is 29.1 Å². The number of hydrogen-bond acceptors (Lipinski definition) is 4. The maximum Gasteiger partial charge on any atom is 0.253 e. The summed E-state index contributed by atoms with van der Waals surface area (Å²) in [4.78, 5) is 0. The van der Waals surface area contributed by atoms with Gasteiger partial charge in [0.05, 0.1) is 26.3 Å². The molecule has 0 aliphatic heterocycles. The van der Waals surface area contributed by atoms with Crippen molar-refractivity contribution in [1.82, 2.24) is 22.8 Å². The topological polar surface area (TPSA) is 114 Å². The highest BCUT2D eigenvalue weighted by Crippen LogP contribution is 2.12. The number of aromatic nitrogens is 10. The van der Waals surface area contributed by atoms with Gasteiger partial charge in [0, 0.05) is 34.6 Å². The average molecular weight is 724 g/mol. The zero-order valence-electron chi connectivity index (χ0n) is 32.7. The Kier molecular flexibility index (Phi) is 12.9. The first-order chi connectivity index (χ1) is 24.7. The molecule has 0 bridgehead atoms. The molecule has 284 valence electrons. The molecule has 0 aromatic carbocycles. The highest BCUT2D eigenvalue weighted by molar-refractivity contribution is 4.87. The lowest BCUT2D eigenvalue weighted by Gasteiger charge is -2.20. The third-order valence-corrected chi connectivity index (χ3v) is 10.8. The summed E-state index contributed by atoms with van der Waals surface area (Å²) in [5.74, 6) is 5.36. The standard InChI is InChI=1S/C38H63N10O4/c1-10-35(49)22-44-17-19-47(33(44)6)27-38(28-48-20-18-46(34(48)7)26-37(51)24-43-14-12-40(9)31(43)4)52-29(2)21-41-15-16-45(32(41)5)25-36(50)23-42-13-11-39(8)30(42)3/h11-20,29,35-38,49-51H,10,21-28H2,1-9H3/q+5. The molecular formula is C38H63N10O4+5. The van der Waals surface area contributed by atoms with Gasteiger partial charge in [0.2, 0.25) is 0 Å². The van der Waals surface area contributed by atoms with Crippen molar-refractivity contribution >= 4 is 0 Å². The van der Waals surface area contributed by atoms with Gasteiger partial charge in [0.15, 0.2) is 0 Å². The second-order valence-corrected chi connectivity index (χ2v) is 14.6. The molecular weight excluding hydrogens is 660 g/mol. The molecule has 14 heteroatoms. The Morgan fingerprint density at radius 2 is 0.865 bits per heavy atom. The lowest BCUT2D eigenvalue weighted by Crippen LogP contribution is -2.44. The minimum atomic E-state index is -0.538. The smallest absolute Gasteiger partial charge is 0.253 e. The molecule has 0 fully saturated rings. The van der Waals surface area contributed by atoms with E-state index >= 15 is 0 Å². The third-order valence-electron chi connectivity index (χ3n) is 10.8. The van der Waals surface area contributed by atoms with Crippen LogP contribution in [0.3, 0.4) is 0 Å². The van der Waals surface area contributed by atoms with Crippen LogP contribution in [-0.2, 0) is 71.2 Å². The van der Waals surface area contributed by atoms with Gasteiger partial charge in [-0.2, -0.15) is 0 Å². The summed E-state index contributed by atoms with van der Waals surface area (Å²) < 4.78 is 28.0. The monoisotopic (exact) mass is 724 g/mol. The van der Waals surface area contributed by atoms with Crippen molar-refractivity contribution in [2.75, 3.05) is 0 Å². The number of rotatable bonds is 19. The fourth-order valence-electron chi connectivity index (χ4n) is 6.98. The first-order valence-electron chi connectivity index (χ1n) is 18.6. The van der Waals surface area contributed by atoms with Crippen LogP contribution in [0.25, 0.3) is 0 Å². The van der Waals surface area contributed by atoms with Crippen LogP contribution in [0.5, 0.6) is 0 Å². The summed E-state index contributed by atoms with van der Waals surface area (Å²) in [6, 6.07) is 0. The van der Waals surface area contributed by atoms with Crippen LogP contribution in [0.15, 0.2) is 62.0 Å². The highest BCUT2D eigenvalue weighted by atomic mass is 16.5.